The van der Waals surface area contributed by atoms with Gasteiger partial charge in [0.15, 0.2) is 0 Å². The number of H-pyrrole nitrogens is 3. The number of nitrogens with one attached hydrogen (secondary N) is 3. The Labute approximate surface area is 364 Å². The second-order valence-electron chi connectivity index (χ2n) is 21.4. The third kappa shape index (κ3) is 12.9. The van der Waals surface area contributed by atoms with E-state index in [1.54, 1.807) is 0 Å². The molecule has 0 radical (unpaired) electrons. The lowest BCUT2D eigenvalue weighted by Crippen LogP contribution is -2.10. The number of benzene rings is 4. The molecule has 0 atom stereocenters. The number of rotatable bonds is 5. The Hall–Kier alpha value is -4.64. The highest BCUT2D eigenvalue weighted by Gasteiger charge is 2.17. The molecule has 0 aliphatic carbocycles. The molecule has 4 aromatic carbocycles. The first-order valence-electron chi connectivity index (χ1n) is 22.5. The first kappa shape index (κ1) is 48.0. The van der Waals surface area contributed by atoms with E-state index < -0.39 is 0 Å². The van der Waals surface area contributed by atoms with Gasteiger partial charge in [-0.3, -0.25) is 0 Å². The van der Waals surface area contributed by atoms with Gasteiger partial charge in [0.1, 0.15) is 11.6 Å². The highest BCUT2D eigenvalue weighted by molar-refractivity contribution is 5.81. The van der Waals surface area contributed by atoms with Crippen LogP contribution in [0.5, 0.6) is 0 Å². The van der Waals surface area contributed by atoms with Crippen molar-refractivity contribution in [1.82, 2.24) is 24.9 Å². The molecule has 0 aliphatic rings. The van der Waals surface area contributed by atoms with Crippen LogP contribution < -0.4 is 0 Å². The van der Waals surface area contributed by atoms with Gasteiger partial charge in [-0.25, -0.2) is 9.97 Å². The Bertz CT molecular complexity index is 2300. The number of fused-ring (bicyclic) bond motifs is 3. The molecular weight excluding hydrogens is 731 g/mol. The minimum atomic E-state index is 0.192. The van der Waals surface area contributed by atoms with Gasteiger partial charge in [0.2, 0.25) is 0 Å². The SMILES string of the molecule is CC(C)c1cc2ccc(C(C)(C)C)cc2[nH]1.CC(C)c1ccc(C(C)(C)C)cc1.CC(C)c1ccc2nc(C(C)C)[nH]c2c1.CC(C)c1nc2ccc(C(C)(C)C)cc2[nH]1. The van der Waals surface area contributed by atoms with Crippen molar-refractivity contribution in [2.45, 2.75) is 177 Å². The van der Waals surface area contributed by atoms with Crippen LogP contribution in [0.2, 0.25) is 0 Å². The van der Waals surface area contributed by atoms with E-state index in [0.29, 0.717) is 29.6 Å². The van der Waals surface area contributed by atoms with Gasteiger partial charge in [0.05, 0.1) is 22.1 Å². The lowest BCUT2D eigenvalue weighted by molar-refractivity contribution is 0.589. The van der Waals surface area contributed by atoms with Crippen LogP contribution in [-0.4, -0.2) is 24.9 Å². The summed E-state index contributed by atoms with van der Waals surface area (Å²) < 4.78 is 0. The van der Waals surface area contributed by atoms with E-state index in [4.69, 9.17) is 0 Å². The molecule has 0 aliphatic heterocycles. The third-order valence-corrected chi connectivity index (χ3v) is 11.2. The van der Waals surface area contributed by atoms with Gasteiger partial charge in [-0.1, -0.05) is 180 Å². The predicted molar refractivity (Wildman–Crippen MR) is 263 cm³/mol. The molecule has 0 bridgehead atoms. The average Bonchev–Trinajstić information content (AvgIpc) is 3.91. The van der Waals surface area contributed by atoms with Crippen LogP contribution in [0.3, 0.4) is 0 Å². The van der Waals surface area contributed by atoms with E-state index in [2.05, 4.69) is 241 Å². The Balaban J connectivity index is 0.000000177. The summed E-state index contributed by atoms with van der Waals surface area (Å²) in [6, 6.07) is 30.9. The highest BCUT2D eigenvalue weighted by Crippen LogP contribution is 2.29. The van der Waals surface area contributed by atoms with Crippen molar-refractivity contribution in [1.29, 1.82) is 0 Å². The maximum absolute atomic E-state index is 4.58. The zero-order chi connectivity index (χ0) is 44.9. The van der Waals surface area contributed by atoms with Gasteiger partial charge in [0, 0.05) is 23.0 Å². The monoisotopic (exact) mass is 810 g/mol. The quantitative estimate of drug-likeness (QED) is 0.162. The fourth-order valence-corrected chi connectivity index (χ4v) is 6.74. The molecule has 60 heavy (non-hydrogen) atoms. The van der Waals surface area contributed by atoms with Crippen LogP contribution >= 0.6 is 0 Å². The van der Waals surface area contributed by atoms with Crippen molar-refractivity contribution in [3.8, 4) is 0 Å². The Morgan fingerprint density at radius 1 is 0.367 bits per heavy atom. The zero-order valence-electron chi connectivity index (χ0n) is 40.9. The number of imidazole rings is 2. The first-order valence-corrected chi connectivity index (χ1v) is 22.5. The van der Waals surface area contributed by atoms with Crippen LogP contribution in [0.15, 0.2) is 84.9 Å². The fourth-order valence-electron chi connectivity index (χ4n) is 6.74. The van der Waals surface area contributed by atoms with Crippen molar-refractivity contribution in [2.24, 2.45) is 0 Å². The van der Waals surface area contributed by atoms with Crippen LogP contribution in [0.1, 0.15) is 206 Å². The average molecular weight is 810 g/mol. The summed E-state index contributed by atoms with van der Waals surface area (Å²) >= 11 is 0. The molecule has 0 spiro atoms. The van der Waals surface area contributed by atoms with Crippen molar-refractivity contribution in [3.63, 3.8) is 0 Å². The summed E-state index contributed by atoms with van der Waals surface area (Å²) in [5, 5.41) is 1.32. The molecule has 0 unspecified atom stereocenters. The minimum Gasteiger partial charge on any atom is -0.358 e. The standard InChI is InChI=1S/C15H21N.C14H20N2.C13H18N2.C13H20/c1-10(2)13-8-11-6-7-12(15(3,4)5)9-14(11)16-13;1-9(2)13-15-11-7-6-10(14(3,4)5)8-12(11)16-13;1-8(2)10-5-6-11-12(7-10)15-13(14-11)9(3)4;1-10(2)11-6-8-12(9-7-11)13(3,4)5/h6-10,16H,1-5H3;6-9H,1-5H3,(H,15,16);5-9H,1-4H3,(H,14,15);6-10H,1-5H3. The number of hydrogen-bond acceptors (Lipinski definition) is 2. The molecule has 0 fully saturated rings. The van der Waals surface area contributed by atoms with E-state index >= 15 is 0 Å². The smallest absolute Gasteiger partial charge is 0.109 e. The molecule has 7 aromatic rings. The van der Waals surface area contributed by atoms with Gasteiger partial charge < -0.3 is 15.0 Å². The summed E-state index contributed by atoms with van der Waals surface area (Å²) in [5.74, 6) is 4.82. The highest BCUT2D eigenvalue weighted by atomic mass is 14.9. The first-order chi connectivity index (χ1) is 27.7. The summed E-state index contributed by atoms with van der Waals surface area (Å²) in [6.45, 7) is 42.1. The largest absolute Gasteiger partial charge is 0.358 e. The summed E-state index contributed by atoms with van der Waals surface area (Å²) in [5.41, 5.74) is 14.6. The van der Waals surface area contributed by atoms with Crippen molar-refractivity contribution in [2.75, 3.05) is 0 Å². The van der Waals surface area contributed by atoms with Gasteiger partial charge in [0.25, 0.3) is 0 Å². The lowest BCUT2D eigenvalue weighted by Gasteiger charge is -2.19. The van der Waals surface area contributed by atoms with E-state index in [1.807, 2.05) is 0 Å². The molecule has 0 saturated heterocycles. The van der Waals surface area contributed by atoms with E-state index in [0.717, 1.165) is 33.7 Å². The summed E-state index contributed by atoms with van der Waals surface area (Å²) in [4.78, 5) is 19.4. The number of nitrogens with zero attached hydrogens (tertiary/aromatic N) is 2. The van der Waals surface area contributed by atoms with Gasteiger partial charge in [-0.05, 0) is 104 Å². The van der Waals surface area contributed by atoms with E-state index in [1.165, 1.54) is 44.4 Å². The maximum Gasteiger partial charge on any atom is 0.109 e. The lowest BCUT2D eigenvalue weighted by atomic mass is 9.86. The Kier molecular flexibility index (Phi) is 15.5. The van der Waals surface area contributed by atoms with Crippen molar-refractivity contribution < 1.29 is 0 Å². The summed E-state index contributed by atoms with van der Waals surface area (Å²) in [6.07, 6.45) is 0. The van der Waals surface area contributed by atoms with Crippen LogP contribution in [0, 0.1) is 0 Å². The number of hydrogen-bond donors (Lipinski definition) is 3. The second kappa shape index (κ2) is 19.4. The molecule has 5 heteroatoms. The van der Waals surface area contributed by atoms with Crippen molar-refractivity contribution >= 4 is 33.0 Å². The molecule has 324 valence electrons. The predicted octanol–water partition coefficient (Wildman–Crippen LogP) is 16.5. The maximum atomic E-state index is 4.58. The van der Waals surface area contributed by atoms with Gasteiger partial charge in [-0.15, -0.1) is 0 Å². The Morgan fingerprint density at radius 2 is 0.767 bits per heavy atom. The molecule has 0 amide bonds. The van der Waals surface area contributed by atoms with E-state index in [9.17, 15) is 0 Å². The van der Waals surface area contributed by atoms with Gasteiger partial charge in [-0.2, -0.15) is 0 Å². The molecule has 3 N–H and O–H groups in total. The summed E-state index contributed by atoms with van der Waals surface area (Å²) in [7, 11) is 0. The number of aromatic amines is 3. The topological polar surface area (TPSA) is 73.2 Å². The van der Waals surface area contributed by atoms with Crippen LogP contribution in [0.4, 0.5) is 0 Å². The van der Waals surface area contributed by atoms with E-state index in [-0.39, 0.29) is 16.2 Å². The molecule has 3 heterocycles. The normalized spacial score (nSPS) is 12.3. The molecule has 7 rings (SSSR count). The number of aromatic nitrogens is 5. The molecular formula is C55H79N5. The van der Waals surface area contributed by atoms with Crippen LogP contribution in [0.25, 0.3) is 33.0 Å². The molecule has 5 nitrogen and oxygen atoms in total. The zero-order valence-corrected chi connectivity index (χ0v) is 40.9. The third-order valence-electron chi connectivity index (χ3n) is 11.2. The second-order valence-corrected chi connectivity index (χ2v) is 21.4. The molecule has 3 aromatic heterocycles. The van der Waals surface area contributed by atoms with Gasteiger partial charge >= 0.3 is 0 Å². The Morgan fingerprint density at radius 3 is 1.20 bits per heavy atom. The van der Waals surface area contributed by atoms with Crippen LogP contribution in [-0.2, 0) is 16.2 Å². The van der Waals surface area contributed by atoms with Crippen molar-refractivity contribution in [3.05, 3.63) is 130 Å². The molecule has 0 saturated carbocycles. The fraction of sp³-hybridized carbons (Fsp3) is 0.491. The minimum absolute atomic E-state index is 0.192.